The zero-order valence-electron chi connectivity index (χ0n) is 16.5. The molecule has 0 bridgehead atoms. The summed E-state index contributed by atoms with van der Waals surface area (Å²) in [4.78, 5) is 35.4. The Balaban J connectivity index is 1.50. The van der Waals surface area contributed by atoms with Gasteiger partial charge in [0.05, 0.1) is 17.8 Å². The minimum atomic E-state index is -0.112. The molecule has 1 aliphatic carbocycles. The quantitative estimate of drug-likeness (QED) is 0.406. The molecule has 3 aromatic rings. The highest BCUT2D eigenvalue weighted by Crippen LogP contribution is 2.29. The molecule has 1 heterocycles. The second kappa shape index (κ2) is 9.14. The number of fused-ring (bicyclic) bond motifs is 1. The van der Waals surface area contributed by atoms with E-state index >= 15 is 0 Å². The van der Waals surface area contributed by atoms with Crippen LogP contribution in [0.15, 0.2) is 58.0 Å². The van der Waals surface area contributed by atoms with E-state index in [0.717, 1.165) is 38.8 Å². The Labute approximate surface area is 187 Å². The molecule has 8 heteroatoms. The Hall–Kier alpha value is -2.45. The SMILES string of the molecule is CN(CC(=O)NC1CC1)C(=O)CSc1nc(-c2ccc(Br)cc2)nc2ccccc12. The topological polar surface area (TPSA) is 75.2 Å². The van der Waals surface area contributed by atoms with Gasteiger partial charge >= 0.3 is 0 Å². The molecule has 0 saturated heterocycles. The third kappa shape index (κ3) is 5.17. The molecular weight excluding hydrogens is 464 g/mol. The second-order valence-electron chi connectivity index (χ2n) is 7.26. The number of para-hydroxylation sites is 1. The monoisotopic (exact) mass is 484 g/mol. The lowest BCUT2D eigenvalue weighted by Gasteiger charge is -2.16. The third-order valence-electron chi connectivity index (χ3n) is 4.75. The van der Waals surface area contributed by atoms with Crippen LogP contribution in [0.25, 0.3) is 22.3 Å². The van der Waals surface area contributed by atoms with Crippen LogP contribution >= 0.6 is 27.7 Å². The summed E-state index contributed by atoms with van der Waals surface area (Å²) in [6.45, 7) is 0.0740. The van der Waals surface area contributed by atoms with Gasteiger partial charge in [-0.15, -0.1) is 0 Å². The molecule has 2 aromatic carbocycles. The predicted octanol–water partition coefficient (Wildman–Crippen LogP) is 3.89. The summed E-state index contributed by atoms with van der Waals surface area (Å²) in [7, 11) is 1.65. The summed E-state index contributed by atoms with van der Waals surface area (Å²) in [6.07, 6.45) is 2.06. The van der Waals surface area contributed by atoms with Crippen LogP contribution < -0.4 is 5.32 Å². The molecule has 0 spiro atoms. The van der Waals surface area contributed by atoms with Crippen molar-refractivity contribution in [1.82, 2.24) is 20.2 Å². The fourth-order valence-corrected chi connectivity index (χ4v) is 4.15. The molecule has 1 N–H and O–H groups in total. The zero-order chi connectivity index (χ0) is 21.1. The average molecular weight is 485 g/mol. The molecule has 4 rings (SSSR count). The minimum Gasteiger partial charge on any atom is -0.352 e. The Morgan fingerprint density at radius 2 is 1.87 bits per heavy atom. The molecule has 0 aliphatic heterocycles. The van der Waals surface area contributed by atoms with E-state index in [9.17, 15) is 9.59 Å². The largest absolute Gasteiger partial charge is 0.352 e. The maximum Gasteiger partial charge on any atom is 0.239 e. The Morgan fingerprint density at radius 3 is 2.60 bits per heavy atom. The number of benzene rings is 2. The number of amides is 2. The molecule has 0 atom stereocenters. The molecule has 6 nitrogen and oxygen atoms in total. The van der Waals surface area contributed by atoms with Crippen molar-refractivity contribution in [3.05, 3.63) is 53.0 Å². The Kier molecular flexibility index (Phi) is 6.34. The smallest absolute Gasteiger partial charge is 0.239 e. The summed E-state index contributed by atoms with van der Waals surface area (Å²) in [6, 6.07) is 15.9. The number of nitrogens with one attached hydrogen (secondary N) is 1. The first kappa shape index (κ1) is 20.8. The van der Waals surface area contributed by atoms with Crippen LogP contribution in [-0.2, 0) is 9.59 Å². The summed E-state index contributed by atoms with van der Waals surface area (Å²) in [5.41, 5.74) is 1.74. The van der Waals surface area contributed by atoms with Gasteiger partial charge in [-0.25, -0.2) is 9.97 Å². The fraction of sp³-hybridized carbons (Fsp3) is 0.273. The molecule has 1 saturated carbocycles. The number of rotatable bonds is 7. The van der Waals surface area contributed by atoms with Crippen LogP contribution in [0.3, 0.4) is 0 Å². The number of carbonyl (C=O) groups excluding carboxylic acids is 2. The normalized spacial score (nSPS) is 13.3. The maximum atomic E-state index is 12.6. The lowest BCUT2D eigenvalue weighted by atomic mass is 10.2. The number of hydrogen-bond acceptors (Lipinski definition) is 5. The van der Waals surface area contributed by atoms with E-state index in [1.54, 1.807) is 7.05 Å². The number of halogens is 1. The molecule has 1 fully saturated rings. The highest BCUT2D eigenvalue weighted by molar-refractivity contribution is 9.10. The summed E-state index contributed by atoms with van der Waals surface area (Å²) < 4.78 is 0.987. The van der Waals surface area contributed by atoms with Gasteiger partial charge in [0.25, 0.3) is 0 Å². The van der Waals surface area contributed by atoms with Crippen molar-refractivity contribution in [1.29, 1.82) is 0 Å². The van der Waals surface area contributed by atoms with Crippen LogP contribution in [0.1, 0.15) is 12.8 Å². The van der Waals surface area contributed by atoms with E-state index in [0.29, 0.717) is 11.9 Å². The molecule has 0 unspecified atom stereocenters. The molecular formula is C22H21BrN4O2S. The molecule has 30 heavy (non-hydrogen) atoms. The van der Waals surface area contributed by atoms with Crippen LogP contribution in [0, 0.1) is 0 Å². The lowest BCUT2D eigenvalue weighted by molar-refractivity contribution is -0.132. The predicted molar refractivity (Wildman–Crippen MR) is 122 cm³/mol. The first-order valence-electron chi connectivity index (χ1n) is 9.68. The van der Waals surface area contributed by atoms with E-state index in [4.69, 9.17) is 4.98 Å². The molecule has 0 radical (unpaired) electrons. The summed E-state index contributed by atoms with van der Waals surface area (Å²) in [5, 5.41) is 4.56. The lowest BCUT2D eigenvalue weighted by Crippen LogP contribution is -2.39. The first-order valence-corrected chi connectivity index (χ1v) is 11.5. The van der Waals surface area contributed by atoms with E-state index in [1.165, 1.54) is 16.7 Å². The van der Waals surface area contributed by atoms with E-state index < -0.39 is 0 Å². The van der Waals surface area contributed by atoms with E-state index in [-0.39, 0.29) is 24.1 Å². The third-order valence-corrected chi connectivity index (χ3v) is 6.26. The van der Waals surface area contributed by atoms with Crippen LogP contribution in [-0.4, -0.2) is 52.1 Å². The van der Waals surface area contributed by atoms with Crippen molar-refractivity contribution >= 4 is 50.4 Å². The van der Waals surface area contributed by atoms with Gasteiger partial charge in [-0.05, 0) is 31.0 Å². The van der Waals surface area contributed by atoms with Crippen molar-refractivity contribution in [2.45, 2.75) is 23.9 Å². The van der Waals surface area contributed by atoms with Crippen LogP contribution in [0.5, 0.6) is 0 Å². The van der Waals surface area contributed by atoms with E-state index in [2.05, 4.69) is 26.2 Å². The van der Waals surface area contributed by atoms with Gasteiger partial charge < -0.3 is 10.2 Å². The summed E-state index contributed by atoms with van der Waals surface area (Å²) in [5.74, 6) is 0.601. The van der Waals surface area contributed by atoms with Gasteiger partial charge in [-0.3, -0.25) is 9.59 Å². The number of carbonyl (C=O) groups is 2. The molecule has 2 amide bonds. The Bertz CT molecular complexity index is 1090. The Morgan fingerprint density at radius 1 is 1.13 bits per heavy atom. The van der Waals surface area contributed by atoms with Gasteiger partial charge in [0.2, 0.25) is 11.8 Å². The van der Waals surface area contributed by atoms with Crippen molar-refractivity contribution in [2.24, 2.45) is 0 Å². The van der Waals surface area contributed by atoms with Crippen molar-refractivity contribution < 1.29 is 9.59 Å². The van der Waals surface area contributed by atoms with Gasteiger partial charge in [-0.2, -0.15) is 0 Å². The molecule has 154 valence electrons. The van der Waals surface area contributed by atoms with Crippen LogP contribution in [0.4, 0.5) is 0 Å². The number of thioether (sulfide) groups is 1. The van der Waals surface area contributed by atoms with Gasteiger partial charge in [-0.1, -0.05) is 58.0 Å². The molecule has 1 aliphatic rings. The minimum absolute atomic E-state index is 0.0740. The zero-order valence-corrected chi connectivity index (χ0v) is 18.9. The van der Waals surface area contributed by atoms with Crippen molar-refractivity contribution in [3.63, 3.8) is 0 Å². The number of aromatic nitrogens is 2. The average Bonchev–Trinajstić information content (AvgIpc) is 3.55. The summed E-state index contributed by atoms with van der Waals surface area (Å²) >= 11 is 4.81. The standard InChI is InChI=1S/C22H21BrN4O2S/c1-27(12-19(28)24-16-10-11-16)20(29)13-30-22-17-4-2-3-5-18(17)25-21(26-22)14-6-8-15(23)9-7-14/h2-9,16H,10-13H2,1H3,(H,24,28). The highest BCUT2D eigenvalue weighted by Gasteiger charge is 2.24. The van der Waals surface area contributed by atoms with Crippen molar-refractivity contribution in [2.75, 3.05) is 19.3 Å². The van der Waals surface area contributed by atoms with Gasteiger partial charge in [0, 0.05) is 28.5 Å². The highest BCUT2D eigenvalue weighted by atomic mass is 79.9. The number of likely N-dealkylation sites (N-methyl/N-ethyl adjacent to an activating group) is 1. The van der Waals surface area contributed by atoms with E-state index in [1.807, 2.05) is 48.5 Å². The van der Waals surface area contributed by atoms with Crippen molar-refractivity contribution in [3.8, 4) is 11.4 Å². The number of hydrogen-bond donors (Lipinski definition) is 1. The number of nitrogens with zero attached hydrogens (tertiary/aromatic N) is 3. The van der Waals surface area contributed by atoms with Gasteiger partial charge in [0.15, 0.2) is 5.82 Å². The van der Waals surface area contributed by atoms with Crippen LogP contribution in [0.2, 0.25) is 0 Å². The fourth-order valence-electron chi connectivity index (χ4n) is 2.93. The first-order chi connectivity index (χ1) is 14.5. The molecule has 1 aromatic heterocycles. The van der Waals surface area contributed by atoms with Gasteiger partial charge in [0.1, 0.15) is 5.03 Å². The second-order valence-corrected chi connectivity index (χ2v) is 9.14. The maximum absolute atomic E-state index is 12.6.